The number of halogens is 1. The Labute approximate surface area is 174 Å². The molecule has 0 radical (unpaired) electrons. The molecule has 0 atom stereocenters. The van der Waals surface area contributed by atoms with Crippen LogP contribution in [0.4, 0.5) is 20.6 Å². The summed E-state index contributed by atoms with van der Waals surface area (Å²) in [5.41, 5.74) is 1.07. The predicted molar refractivity (Wildman–Crippen MR) is 112 cm³/mol. The third-order valence-corrected chi connectivity index (χ3v) is 5.02. The number of para-hydroxylation sites is 1. The Bertz CT molecular complexity index is 898. The summed E-state index contributed by atoms with van der Waals surface area (Å²) in [6.45, 7) is 0.820. The summed E-state index contributed by atoms with van der Waals surface area (Å²) in [5, 5.41) is 5.43. The van der Waals surface area contributed by atoms with Crippen LogP contribution in [0.3, 0.4) is 0 Å². The lowest BCUT2D eigenvalue weighted by atomic mass is 9.95. The summed E-state index contributed by atoms with van der Waals surface area (Å²) < 4.78 is 13.2. The average molecular weight is 412 g/mol. The fourth-order valence-corrected chi connectivity index (χ4v) is 3.43. The number of urea groups is 1. The fraction of sp³-hybridized carbons (Fsp3) is 0.318. The van der Waals surface area contributed by atoms with Crippen LogP contribution >= 0.6 is 0 Å². The topological polar surface area (TPSA) is 81.8 Å². The van der Waals surface area contributed by atoms with Crippen LogP contribution in [0.15, 0.2) is 54.6 Å². The quantitative estimate of drug-likeness (QED) is 0.792. The summed E-state index contributed by atoms with van der Waals surface area (Å²) in [7, 11) is 1.57. The van der Waals surface area contributed by atoms with E-state index >= 15 is 0 Å². The number of anilines is 2. The zero-order valence-corrected chi connectivity index (χ0v) is 16.8. The standard InChI is InChI=1S/C22H25FN4O3/c1-26(15-20(28)24-19-9-5-6-17(23)14-19)21(29)16-10-12-27(13-11-16)22(30)25-18-7-3-2-4-8-18/h2-9,14,16H,10-13,15H2,1H3,(H,24,28)(H,25,30). The molecule has 3 rings (SSSR count). The van der Waals surface area contributed by atoms with Gasteiger partial charge in [0.25, 0.3) is 0 Å². The van der Waals surface area contributed by atoms with Gasteiger partial charge in [-0.25, -0.2) is 9.18 Å². The molecule has 158 valence electrons. The van der Waals surface area contributed by atoms with Gasteiger partial charge in [-0.1, -0.05) is 24.3 Å². The molecule has 30 heavy (non-hydrogen) atoms. The molecule has 1 aliphatic rings. The maximum Gasteiger partial charge on any atom is 0.321 e. The van der Waals surface area contributed by atoms with Crippen molar-refractivity contribution in [3.05, 3.63) is 60.4 Å². The van der Waals surface area contributed by atoms with E-state index in [2.05, 4.69) is 10.6 Å². The number of benzene rings is 2. The third kappa shape index (κ3) is 5.79. The first-order valence-corrected chi connectivity index (χ1v) is 9.84. The second kappa shape index (κ2) is 9.87. The second-order valence-electron chi connectivity index (χ2n) is 7.31. The molecule has 2 aromatic rings. The Balaban J connectivity index is 1.44. The van der Waals surface area contributed by atoms with Crippen molar-refractivity contribution in [2.24, 2.45) is 5.92 Å². The Hall–Kier alpha value is -3.42. The molecular formula is C22H25FN4O3. The largest absolute Gasteiger partial charge is 0.336 e. The summed E-state index contributed by atoms with van der Waals surface area (Å²) >= 11 is 0. The summed E-state index contributed by atoms with van der Waals surface area (Å²) in [6, 6.07) is 14.6. The third-order valence-electron chi connectivity index (χ3n) is 5.02. The van der Waals surface area contributed by atoms with Gasteiger partial charge in [-0.15, -0.1) is 0 Å². The van der Waals surface area contributed by atoms with E-state index in [-0.39, 0.29) is 24.4 Å². The van der Waals surface area contributed by atoms with Gasteiger partial charge in [-0.3, -0.25) is 9.59 Å². The molecule has 1 fully saturated rings. The number of rotatable bonds is 5. The monoisotopic (exact) mass is 412 g/mol. The van der Waals surface area contributed by atoms with Gasteiger partial charge in [-0.05, 0) is 43.2 Å². The van der Waals surface area contributed by atoms with Gasteiger partial charge >= 0.3 is 6.03 Å². The van der Waals surface area contributed by atoms with Crippen LogP contribution in [-0.4, -0.2) is 54.3 Å². The van der Waals surface area contributed by atoms with Crippen LogP contribution < -0.4 is 10.6 Å². The Morgan fingerprint density at radius 3 is 2.33 bits per heavy atom. The number of hydrogen-bond acceptors (Lipinski definition) is 3. The Morgan fingerprint density at radius 2 is 1.67 bits per heavy atom. The number of amides is 4. The van der Waals surface area contributed by atoms with Crippen LogP contribution in [0.1, 0.15) is 12.8 Å². The predicted octanol–water partition coefficient (Wildman–Crippen LogP) is 3.17. The van der Waals surface area contributed by atoms with Crippen LogP contribution in [0.5, 0.6) is 0 Å². The minimum absolute atomic E-state index is 0.121. The number of piperidine rings is 1. The van der Waals surface area contributed by atoms with Crippen LogP contribution in [0, 0.1) is 11.7 Å². The summed E-state index contributed by atoms with van der Waals surface area (Å²) in [4.78, 5) is 40.2. The summed E-state index contributed by atoms with van der Waals surface area (Å²) in [5.74, 6) is -1.21. The molecule has 0 aliphatic carbocycles. The van der Waals surface area contributed by atoms with E-state index in [9.17, 15) is 18.8 Å². The number of hydrogen-bond donors (Lipinski definition) is 2. The molecule has 1 saturated heterocycles. The van der Waals surface area contributed by atoms with Gasteiger partial charge in [0.15, 0.2) is 0 Å². The fourth-order valence-electron chi connectivity index (χ4n) is 3.43. The van der Waals surface area contributed by atoms with Crippen LogP contribution in [0.2, 0.25) is 0 Å². The highest BCUT2D eigenvalue weighted by atomic mass is 19.1. The molecular weight excluding hydrogens is 387 g/mol. The van der Waals surface area contributed by atoms with Crippen molar-refractivity contribution in [1.29, 1.82) is 0 Å². The minimum Gasteiger partial charge on any atom is -0.336 e. The first-order chi connectivity index (χ1) is 14.4. The average Bonchev–Trinajstić information content (AvgIpc) is 2.74. The number of likely N-dealkylation sites (tertiary alicyclic amines) is 1. The molecule has 7 nitrogen and oxygen atoms in total. The van der Waals surface area contributed by atoms with Crippen molar-refractivity contribution in [3.8, 4) is 0 Å². The molecule has 8 heteroatoms. The molecule has 1 heterocycles. The van der Waals surface area contributed by atoms with Gasteiger partial charge in [0.2, 0.25) is 11.8 Å². The van der Waals surface area contributed by atoms with E-state index in [0.29, 0.717) is 31.6 Å². The normalized spacial score (nSPS) is 14.1. The SMILES string of the molecule is CN(CC(=O)Nc1cccc(F)c1)C(=O)C1CCN(C(=O)Nc2ccccc2)CC1. The van der Waals surface area contributed by atoms with Crippen molar-refractivity contribution >= 4 is 29.2 Å². The molecule has 0 bridgehead atoms. The highest BCUT2D eigenvalue weighted by molar-refractivity contribution is 5.95. The smallest absolute Gasteiger partial charge is 0.321 e. The van der Waals surface area contributed by atoms with Crippen molar-refractivity contribution in [1.82, 2.24) is 9.80 Å². The van der Waals surface area contributed by atoms with E-state index in [0.717, 1.165) is 5.69 Å². The van der Waals surface area contributed by atoms with Gasteiger partial charge < -0.3 is 20.4 Å². The van der Waals surface area contributed by atoms with Crippen LogP contribution in [0.25, 0.3) is 0 Å². The van der Waals surface area contributed by atoms with E-state index in [1.54, 1.807) is 18.0 Å². The Morgan fingerprint density at radius 1 is 1.00 bits per heavy atom. The van der Waals surface area contributed by atoms with E-state index in [1.165, 1.54) is 23.1 Å². The number of likely N-dealkylation sites (N-methyl/N-ethyl adjacent to an activating group) is 1. The van der Waals surface area contributed by atoms with Crippen LogP contribution in [-0.2, 0) is 9.59 Å². The first-order valence-electron chi connectivity index (χ1n) is 9.84. The van der Waals surface area contributed by atoms with E-state index < -0.39 is 11.7 Å². The van der Waals surface area contributed by atoms with Gasteiger partial charge in [-0.2, -0.15) is 0 Å². The maximum atomic E-state index is 13.2. The number of nitrogens with zero attached hydrogens (tertiary/aromatic N) is 2. The van der Waals surface area contributed by atoms with E-state index in [1.807, 2.05) is 30.3 Å². The highest BCUT2D eigenvalue weighted by Gasteiger charge is 2.29. The maximum absolute atomic E-state index is 13.2. The molecule has 1 aliphatic heterocycles. The zero-order valence-electron chi connectivity index (χ0n) is 16.8. The molecule has 0 aromatic heterocycles. The van der Waals surface area contributed by atoms with Crippen molar-refractivity contribution in [3.63, 3.8) is 0 Å². The van der Waals surface area contributed by atoms with Gasteiger partial charge in [0, 0.05) is 37.4 Å². The molecule has 2 N–H and O–H groups in total. The molecule has 0 unspecified atom stereocenters. The lowest BCUT2D eigenvalue weighted by Gasteiger charge is -2.33. The number of carbonyl (C=O) groups is 3. The lowest BCUT2D eigenvalue weighted by Crippen LogP contribution is -2.46. The second-order valence-corrected chi connectivity index (χ2v) is 7.31. The van der Waals surface area contributed by atoms with Crippen molar-refractivity contribution < 1.29 is 18.8 Å². The van der Waals surface area contributed by atoms with Gasteiger partial charge in [0.1, 0.15) is 5.82 Å². The first kappa shape index (κ1) is 21.3. The van der Waals surface area contributed by atoms with Crippen molar-refractivity contribution in [2.75, 3.05) is 37.3 Å². The number of carbonyl (C=O) groups excluding carboxylic acids is 3. The van der Waals surface area contributed by atoms with Crippen molar-refractivity contribution in [2.45, 2.75) is 12.8 Å². The molecule has 0 saturated carbocycles. The molecule has 2 aromatic carbocycles. The summed E-state index contributed by atoms with van der Waals surface area (Å²) in [6.07, 6.45) is 1.08. The lowest BCUT2D eigenvalue weighted by molar-refractivity contribution is -0.138. The van der Waals surface area contributed by atoms with E-state index in [4.69, 9.17) is 0 Å². The zero-order chi connectivity index (χ0) is 21.5. The number of nitrogens with one attached hydrogen (secondary N) is 2. The molecule has 0 spiro atoms. The molecule has 4 amide bonds. The highest BCUT2D eigenvalue weighted by Crippen LogP contribution is 2.20. The minimum atomic E-state index is -0.444. The Kier molecular flexibility index (Phi) is 7.00. The van der Waals surface area contributed by atoms with Gasteiger partial charge in [0.05, 0.1) is 6.54 Å².